The lowest BCUT2D eigenvalue weighted by molar-refractivity contribution is -0.109. The number of carbonyl (C=O) groups excluding carboxylic acids is 2. The predicted molar refractivity (Wildman–Crippen MR) is 55.9 cm³/mol. The molecule has 2 atom stereocenters. The van der Waals surface area contributed by atoms with Gasteiger partial charge < -0.3 is 10.1 Å². The zero-order valence-corrected chi connectivity index (χ0v) is 9.35. The predicted octanol–water partition coefficient (Wildman–Crippen LogP) is 2.06. The highest BCUT2D eigenvalue weighted by molar-refractivity contribution is 8.14. The van der Waals surface area contributed by atoms with Crippen molar-refractivity contribution in [1.29, 1.82) is 0 Å². The molecule has 0 saturated carbocycles. The van der Waals surface area contributed by atoms with Crippen LogP contribution >= 0.6 is 11.8 Å². The highest BCUT2D eigenvalue weighted by Gasteiger charge is 2.14. The molecule has 0 spiro atoms. The first-order chi connectivity index (χ1) is 5.97. The molecule has 0 rings (SSSR count). The Morgan fingerprint density at radius 2 is 1.85 bits per heavy atom. The van der Waals surface area contributed by atoms with Crippen molar-refractivity contribution in [2.24, 2.45) is 5.92 Å². The maximum absolute atomic E-state index is 11.2. The number of thioether (sulfide) groups is 1. The van der Waals surface area contributed by atoms with Gasteiger partial charge in [0.25, 0.3) is 5.24 Å². The second-order valence-corrected chi connectivity index (χ2v) is 4.77. The molecule has 0 aromatic carbocycles. The Morgan fingerprint density at radius 1 is 1.31 bits per heavy atom. The molecule has 0 aliphatic carbocycles. The van der Waals surface area contributed by atoms with E-state index in [1.165, 1.54) is 11.8 Å². The first kappa shape index (κ1) is 12.5. The van der Waals surface area contributed by atoms with Crippen molar-refractivity contribution in [2.75, 3.05) is 0 Å². The van der Waals surface area contributed by atoms with Gasteiger partial charge in [-0.25, -0.2) is 0 Å². The van der Waals surface area contributed by atoms with E-state index in [1.54, 1.807) is 6.92 Å². The summed E-state index contributed by atoms with van der Waals surface area (Å²) in [6.07, 6.45) is 0.721. The highest BCUT2D eigenvalue weighted by atomic mass is 32.2. The van der Waals surface area contributed by atoms with Crippen molar-refractivity contribution in [3.63, 3.8) is 0 Å². The van der Waals surface area contributed by atoms with Crippen LogP contribution in [-0.2, 0) is 4.79 Å². The third-order valence-electron chi connectivity index (χ3n) is 1.78. The van der Waals surface area contributed by atoms with Gasteiger partial charge in [0, 0.05) is 5.25 Å². The van der Waals surface area contributed by atoms with Crippen molar-refractivity contribution in [1.82, 2.24) is 5.32 Å². The minimum absolute atomic E-state index is 0.124. The lowest BCUT2D eigenvalue weighted by Gasteiger charge is -2.14. The number of aldehydes is 1. The van der Waals surface area contributed by atoms with Crippen LogP contribution in [0.15, 0.2) is 0 Å². The molecule has 0 aromatic rings. The number of nitrogens with one attached hydrogen (secondary N) is 1. The Bertz CT molecular complexity index is 182. The van der Waals surface area contributed by atoms with E-state index < -0.39 is 0 Å². The first-order valence-corrected chi connectivity index (χ1v) is 5.27. The molecule has 0 aromatic heterocycles. The van der Waals surface area contributed by atoms with Crippen LogP contribution < -0.4 is 5.32 Å². The van der Waals surface area contributed by atoms with Gasteiger partial charge in [-0.05, 0) is 12.8 Å². The second-order valence-electron chi connectivity index (χ2n) is 3.42. The minimum atomic E-state index is -0.389. The summed E-state index contributed by atoms with van der Waals surface area (Å²) in [6, 6.07) is -0.389. The lowest BCUT2D eigenvalue weighted by Crippen LogP contribution is -2.31. The smallest absolute Gasteiger partial charge is 0.279 e. The lowest BCUT2D eigenvalue weighted by atomic mass is 10.2. The molecule has 76 valence electrons. The standard InChI is InChI=1S/C9H17NO2S/c1-6(2)8(4)13-9(12)10-7(3)5-11/h5-8H,1-4H3,(H,10,12)/t7?,8-/m1/s1. The van der Waals surface area contributed by atoms with Gasteiger partial charge in [0.15, 0.2) is 0 Å². The molecule has 0 fully saturated rings. The summed E-state index contributed by atoms with van der Waals surface area (Å²) in [4.78, 5) is 21.5. The van der Waals surface area contributed by atoms with Crippen molar-refractivity contribution in [2.45, 2.75) is 39.0 Å². The van der Waals surface area contributed by atoms with Crippen molar-refractivity contribution >= 4 is 23.3 Å². The van der Waals surface area contributed by atoms with Gasteiger partial charge in [-0.15, -0.1) is 0 Å². The fourth-order valence-electron chi connectivity index (χ4n) is 0.559. The molecule has 1 amide bonds. The summed E-state index contributed by atoms with van der Waals surface area (Å²) in [7, 11) is 0. The van der Waals surface area contributed by atoms with E-state index in [4.69, 9.17) is 0 Å². The molecule has 13 heavy (non-hydrogen) atoms. The van der Waals surface area contributed by atoms with Crippen LogP contribution in [0, 0.1) is 5.92 Å². The van der Waals surface area contributed by atoms with Crippen molar-refractivity contribution in [3.8, 4) is 0 Å². The van der Waals surface area contributed by atoms with E-state index in [9.17, 15) is 9.59 Å². The first-order valence-electron chi connectivity index (χ1n) is 4.39. The van der Waals surface area contributed by atoms with Crippen LogP contribution in [-0.4, -0.2) is 22.8 Å². The quantitative estimate of drug-likeness (QED) is 0.711. The fourth-order valence-corrected chi connectivity index (χ4v) is 1.42. The number of carbonyl (C=O) groups is 2. The third-order valence-corrected chi connectivity index (χ3v) is 3.03. The fraction of sp³-hybridized carbons (Fsp3) is 0.778. The zero-order chi connectivity index (χ0) is 10.4. The number of amides is 1. The van der Waals surface area contributed by atoms with Gasteiger partial charge in [-0.3, -0.25) is 4.79 Å². The summed E-state index contributed by atoms with van der Waals surface area (Å²) in [5, 5.41) is 2.72. The Labute approximate surface area is 83.7 Å². The SMILES string of the molecule is CC(C=O)NC(=O)S[C@H](C)C(C)C. The van der Waals surface area contributed by atoms with Crippen LogP contribution in [0.4, 0.5) is 4.79 Å². The Kier molecular flexibility index (Phi) is 5.79. The van der Waals surface area contributed by atoms with Crippen LogP contribution in [0.2, 0.25) is 0 Å². The van der Waals surface area contributed by atoms with Crippen molar-refractivity contribution < 1.29 is 9.59 Å². The molecule has 1 unspecified atom stereocenters. The summed E-state index contributed by atoms with van der Waals surface area (Å²) in [5.41, 5.74) is 0. The Morgan fingerprint density at radius 3 is 2.23 bits per heavy atom. The van der Waals surface area contributed by atoms with E-state index in [2.05, 4.69) is 19.2 Å². The van der Waals surface area contributed by atoms with E-state index in [-0.39, 0.29) is 16.5 Å². The maximum Gasteiger partial charge on any atom is 0.279 e. The summed E-state index contributed by atoms with van der Waals surface area (Å²) in [6.45, 7) is 7.79. The molecule has 0 aliphatic heterocycles. The summed E-state index contributed by atoms with van der Waals surface area (Å²) < 4.78 is 0. The molecule has 0 radical (unpaired) electrons. The normalized spacial score (nSPS) is 15.2. The average Bonchev–Trinajstić information content (AvgIpc) is 2.03. The topological polar surface area (TPSA) is 46.2 Å². The molecular weight excluding hydrogens is 186 g/mol. The monoisotopic (exact) mass is 203 g/mol. The van der Waals surface area contributed by atoms with Gasteiger partial charge in [-0.1, -0.05) is 32.5 Å². The van der Waals surface area contributed by atoms with Gasteiger partial charge >= 0.3 is 0 Å². The molecule has 0 aliphatic rings. The Balaban J connectivity index is 3.80. The molecule has 1 N–H and O–H groups in total. The van der Waals surface area contributed by atoms with E-state index >= 15 is 0 Å². The number of rotatable bonds is 4. The van der Waals surface area contributed by atoms with Crippen LogP contribution in [0.25, 0.3) is 0 Å². The second kappa shape index (κ2) is 6.02. The number of hydrogen-bond acceptors (Lipinski definition) is 3. The minimum Gasteiger partial charge on any atom is -0.338 e. The van der Waals surface area contributed by atoms with Crippen molar-refractivity contribution in [3.05, 3.63) is 0 Å². The third kappa shape index (κ3) is 5.69. The molecule has 0 bridgehead atoms. The average molecular weight is 203 g/mol. The maximum atomic E-state index is 11.2. The van der Waals surface area contributed by atoms with Gasteiger partial charge in [-0.2, -0.15) is 0 Å². The highest BCUT2D eigenvalue weighted by Crippen LogP contribution is 2.18. The molecule has 4 heteroatoms. The van der Waals surface area contributed by atoms with E-state index in [1.807, 2.05) is 6.92 Å². The van der Waals surface area contributed by atoms with Crippen LogP contribution in [0.1, 0.15) is 27.7 Å². The number of hydrogen-bond donors (Lipinski definition) is 1. The summed E-state index contributed by atoms with van der Waals surface area (Å²) >= 11 is 1.24. The zero-order valence-electron chi connectivity index (χ0n) is 8.53. The summed E-state index contributed by atoms with van der Waals surface area (Å²) in [5.74, 6) is 0.460. The van der Waals surface area contributed by atoms with E-state index in [0.717, 1.165) is 6.29 Å². The largest absolute Gasteiger partial charge is 0.338 e. The van der Waals surface area contributed by atoms with Crippen LogP contribution in [0.5, 0.6) is 0 Å². The molecule has 0 heterocycles. The van der Waals surface area contributed by atoms with Gasteiger partial charge in [0.2, 0.25) is 0 Å². The molecule has 0 saturated heterocycles. The molecular formula is C9H17NO2S. The van der Waals surface area contributed by atoms with Gasteiger partial charge in [0.1, 0.15) is 6.29 Å². The molecule has 3 nitrogen and oxygen atoms in total. The Hall–Kier alpha value is -0.510. The van der Waals surface area contributed by atoms with E-state index in [0.29, 0.717) is 5.92 Å². The van der Waals surface area contributed by atoms with Gasteiger partial charge in [0.05, 0.1) is 6.04 Å². The van der Waals surface area contributed by atoms with Crippen LogP contribution in [0.3, 0.4) is 0 Å².